The highest BCUT2D eigenvalue weighted by Crippen LogP contribution is 2.30. The summed E-state index contributed by atoms with van der Waals surface area (Å²) in [4.78, 5) is 25.9. The highest BCUT2D eigenvalue weighted by Gasteiger charge is 2.30. The van der Waals surface area contributed by atoms with E-state index in [1.165, 1.54) is 5.56 Å². The Labute approximate surface area is 153 Å². The molecule has 0 radical (unpaired) electrons. The molecular formula is C21H22N2O3. The molecule has 5 nitrogen and oxygen atoms in total. The summed E-state index contributed by atoms with van der Waals surface area (Å²) >= 11 is 0. The van der Waals surface area contributed by atoms with Gasteiger partial charge in [0.15, 0.2) is 0 Å². The maximum atomic E-state index is 12.4. The molecule has 0 fully saturated rings. The Balaban J connectivity index is 1.40. The van der Waals surface area contributed by atoms with Gasteiger partial charge in [0, 0.05) is 29.8 Å². The van der Waals surface area contributed by atoms with Gasteiger partial charge in [-0.15, -0.1) is 0 Å². The lowest BCUT2D eigenvalue weighted by atomic mass is 10.1. The molecule has 26 heavy (non-hydrogen) atoms. The van der Waals surface area contributed by atoms with Crippen LogP contribution in [-0.4, -0.2) is 36.4 Å². The Bertz CT molecular complexity index is 792. The third-order valence-electron chi connectivity index (χ3n) is 4.32. The van der Waals surface area contributed by atoms with Gasteiger partial charge >= 0.3 is 0 Å². The summed E-state index contributed by atoms with van der Waals surface area (Å²) in [6.45, 7) is 7.12. The summed E-state index contributed by atoms with van der Waals surface area (Å²) in [5, 5.41) is 2.81. The smallest absolute Gasteiger partial charge is 0.258 e. The second-order valence-corrected chi connectivity index (χ2v) is 6.21. The summed E-state index contributed by atoms with van der Waals surface area (Å²) in [6, 6.07) is 15.1. The van der Waals surface area contributed by atoms with Crippen molar-refractivity contribution in [3.63, 3.8) is 0 Å². The molecular weight excluding hydrogens is 328 g/mol. The zero-order chi connectivity index (χ0) is 18.5. The largest absolute Gasteiger partial charge is 0.492 e. The maximum Gasteiger partial charge on any atom is 0.258 e. The van der Waals surface area contributed by atoms with Crippen LogP contribution in [0.1, 0.15) is 27.9 Å². The van der Waals surface area contributed by atoms with Crippen LogP contribution in [0, 0.1) is 6.92 Å². The van der Waals surface area contributed by atoms with Crippen molar-refractivity contribution in [2.24, 2.45) is 0 Å². The predicted molar refractivity (Wildman–Crippen MR) is 101 cm³/mol. The molecule has 2 aromatic rings. The summed E-state index contributed by atoms with van der Waals surface area (Å²) in [7, 11) is 0. The number of benzene rings is 2. The molecule has 0 saturated carbocycles. The molecule has 5 heteroatoms. The lowest BCUT2D eigenvalue weighted by Gasteiger charge is -2.17. The number of nitrogens with zero attached hydrogens (tertiary/aromatic N) is 1. The first-order valence-electron chi connectivity index (χ1n) is 8.62. The van der Waals surface area contributed by atoms with Crippen LogP contribution in [0.15, 0.2) is 55.1 Å². The Kier molecular flexibility index (Phi) is 5.37. The van der Waals surface area contributed by atoms with Crippen LogP contribution in [0.25, 0.3) is 5.70 Å². The average Bonchev–Trinajstić information content (AvgIpc) is 2.89. The van der Waals surface area contributed by atoms with Gasteiger partial charge in [-0.1, -0.05) is 42.5 Å². The molecule has 0 atom stereocenters. The summed E-state index contributed by atoms with van der Waals surface area (Å²) in [5.41, 5.74) is 3.31. The fourth-order valence-electron chi connectivity index (χ4n) is 2.87. The third-order valence-corrected chi connectivity index (χ3v) is 4.32. The summed E-state index contributed by atoms with van der Waals surface area (Å²) in [6.07, 6.45) is 0.225. The molecule has 1 heterocycles. The Hall–Kier alpha value is -3.08. The van der Waals surface area contributed by atoms with Crippen molar-refractivity contribution in [3.8, 4) is 5.75 Å². The predicted octanol–water partition coefficient (Wildman–Crippen LogP) is 3.01. The van der Waals surface area contributed by atoms with Gasteiger partial charge in [-0.05, 0) is 25.1 Å². The number of hydrogen-bond acceptors (Lipinski definition) is 3. The average molecular weight is 350 g/mol. The van der Waals surface area contributed by atoms with Crippen molar-refractivity contribution in [3.05, 3.63) is 71.8 Å². The van der Waals surface area contributed by atoms with Crippen molar-refractivity contribution in [2.45, 2.75) is 13.3 Å². The second-order valence-electron chi connectivity index (χ2n) is 6.21. The zero-order valence-corrected chi connectivity index (χ0v) is 14.8. The fourth-order valence-corrected chi connectivity index (χ4v) is 2.87. The first-order valence-corrected chi connectivity index (χ1v) is 8.62. The fraction of sp³-hybridized carbons (Fsp3) is 0.238. The lowest BCUT2D eigenvalue weighted by molar-refractivity contribution is -0.121. The highest BCUT2D eigenvalue weighted by molar-refractivity contribution is 6.08. The maximum absolute atomic E-state index is 12.4. The Morgan fingerprint density at radius 2 is 1.81 bits per heavy atom. The van der Waals surface area contributed by atoms with Crippen LogP contribution >= 0.6 is 0 Å². The van der Waals surface area contributed by atoms with Crippen LogP contribution in [0.3, 0.4) is 0 Å². The molecule has 0 bridgehead atoms. The molecule has 1 aliphatic heterocycles. The van der Waals surface area contributed by atoms with E-state index < -0.39 is 0 Å². The molecule has 0 unspecified atom stereocenters. The lowest BCUT2D eigenvalue weighted by Crippen LogP contribution is -2.32. The molecule has 3 rings (SSSR count). The van der Waals surface area contributed by atoms with Crippen LogP contribution in [-0.2, 0) is 4.79 Å². The molecule has 2 aromatic carbocycles. The normalized spacial score (nSPS) is 12.9. The van der Waals surface area contributed by atoms with Gasteiger partial charge in [0.05, 0.1) is 6.54 Å². The molecule has 1 aliphatic rings. The number of hydrogen-bond donors (Lipinski definition) is 1. The number of carbonyl (C=O) groups excluding carboxylic acids is 2. The van der Waals surface area contributed by atoms with Gasteiger partial charge in [-0.2, -0.15) is 0 Å². The van der Waals surface area contributed by atoms with E-state index in [1.54, 1.807) is 11.0 Å². The van der Waals surface area contributed by atoms with Crippen molar-refractivity contribution in [2.75, 3.05) is 19.7 Å². The van der Waals surface area contributed by atoms with Gasteiger partial charge in [0.1, 0.15) is 12.4 Å². The minimum Gasteiger partial charge on any atom is -0.492 e. The third kappa shape index (κ3) is 3.94. The molecule has 0 aromatic heterocycles. The standard InChI is InChI=1S/C21H22N2O3/c1-15-7-9-17(10-8-15)26-14-12-22-20(24)11-13-23-16(2)18-5-3-4-6-19(18)21(23)25/h3-10H,2,11-14H2,1H3,(H,22,24). The van der Waals surface area contributed by atoms with Crippen LogP contribution in [0.2, 0.25) is 0 Å². The van der Waals surface area contributed by atoms with E-state index in [0.29, 0.717) is 31.0 Å². The van der Waals surface area contributed by atoms with Gasteiger partial charge in [0.2, 0.25) is 5.91 Å². The molecule has 2 amide bonds. The minimum atomic E-state index is -0.117. The van der Waals surface area contributed by atoms with Gasteiger partial charge in [0.25, 0.3) is 5.91 Å². The number of rotatable bonds is 7. The quantitative estimate of drug-likeness (QED) is 0.781. The molecule has 1 N–H and O–H groups in total. The van der Waals surface area contributed by atoms with Crippen LogP contribution in [0.5, 0.6) is 5.75 Å². The minimum absolute atomic E-state index is 0.0962. The van der Waals surface area contributed by atoms with Crippen molar-refractivity contribution in [1.29, 1.82) is 0 Å². The summed E-state index contributed by atoms with van der Waals surface area (Å²) in [5.74, 6) is 0.566. The van der Waals surface area contributed by atoms with E-state index >= 15 is 0 Å². The zero-order valence-electron chi connectivity index (χ0n) is 14.8. The SMILES string of the molecule is C=C1c2ccccc2C(=O)N1CCC(=O)NCCOc1ccc(C)cc1. The van der Waals surface area contributed by atoms with Crippen molar-refractivity contribution >= 4 is 17.5 Å². The Morgan fingerprint density at radius 1 is 1.12 bits per heavy atom. The number of aryl methyl sites for hydroxylation is 1. The van der Waals surface area contributed by atoms with Gasteiger partial charge in [-0.25, -0.2) is 0 Å². The van der Waals surface area contributed by atoms with E-state index in [1.807, 2.05) is 49.4 Å². The van der Waals surface area contributed by atoms with E-state index in [9.17, 15) is 9.59 Å². The van der Waals surface area contributed by atoms with Crippen molar-refractivity contribution < 1.29 is 14.3 Å². The van der Waals surface area contributed by atoms with Crippen LogP contribution < -0.4 is 10.1 Å². The number of amides is 2. The number of carbonyl (C=O) groups is 2. The van der Waals surface area contributed by atoms with E-state index in [2.05, 4.69) is 11.9 Å². The van der Waals surface area contributed by atoms with E-state index in [0.717, 1.165) is 11.3 Å². The van der Waals surface area contributed by atoms with Crippen LogP contribution in [0.4, 0.5) is 0 Å². The summed E-state index contributed by atoms with van der Waals surface area (Å²) < 4.78 is 5.57. The number of ether oxygens (including phenoxy) is 1. The molecule has 0 aliphatic carbocycles. The topological polar surface area (TPSA) is 58.6 Å². The van der Waals surface area contributed by atoms with E-state index in [-0.39, 0.29) is 18.2 Å². The second kappa shape index (κ2) is 7.87. The molecule has 134 valence electrons. The monoisotopic (exact) mass is 350 g/mol. The van der Waals surface area contributed by atoms with Gasteiger partial charge in [-0.3, -0.25) is 9.59 Å². The Morgan fingerprint density at radius 3 is 2.50 bits per heavy atom. The van der Waals surface area contributed by atoms with Crippen molar-refractivity contribution in [1.82, 2.24) is 10.2 Å². The molecule has 0 spiro atoms. The number of nitrogens with one attached hydrogen (secondary N) is 1. The highest BCUT2D eigenvalue weighted by atomic mass is 16.5. The van der Waals surface area contributed by atoms with E-state index in [4.69, 9.17) is 4.74 Å². The van der Waals surface area contributed by atoms with Gasteiger partial charge < -0.3 is 15.0 Å². The first-order chi connectivity index (χ1) is 12.6. The first kappa shape index (κ1) is 17.7. The molecule has 0 saturated heterocycles. The number of fused-ring (bicyclic) bond motifs is 1.